The Bertz CT molecular complexity index is 327. The van der Waals surface area contributed by atoms with Crippen LogP contribution in [0.25, 0.3) is 0 Å². The zero-order valence-electron chi connectivity index (χ0n) is 6.90. The summed E-state index contributed by atoms with van der Waals surface area (Å²) in [4.78, 5) is 0. The Morgan fingerprint density at radius 2 is 2.00 bits per heavy atom. The van der Waals surface area contributed by atoms with Crippen LogP contribution in [0.15, 0.2) is 18.2 Å². The average Bonchev–Trinajstić information content (AvgIpc) is 2.07. The molecule has 0 spiro atoms. The van der Waals surface area contributed by atoms with E-state index < -0.39 is 18.5 Å². The van der Waals surface area contributed by atoms with Crippen LogP contribution in [0.1, 0.15) is 5.56 Å². The van der Waals surface area contributed by atoms with Gasteiger partial charge in [0.25, 0.3) is 0 Å². The second-order valence-electron chi connectivity index (χ2n) is 2.53. The van der Waals surface area contributed by atoms with Gasteiger partial charge in [0.05, 0.1) is 16.3 Å². The maximum atomic E-state index is 12.2. The molecule has 0 heterocycles. The summed E-state index contributed by atoms with van der Waals surface area (Å²) in [6.07, 6.45) is -4.41. The third kappa shape index (κ3) is 2.52. The predicted molar refractivity (Wildman–Crippen MR) is 47.2 cm³/mol. The molecule has 0 fully saturated rings. The van der Waals surface area contributed by atoms with Crippen LogP contribution in [0.5, 0.6) is 0 Å². The van der Waals surface area contributed by atoms with Crippen molar-refractivity contribution in [2.75, 3.05) is 12.0 Å². The molecule has 0 saturated heterocycles. The number of alkyl halides is 3. The zero-order chi connectivity index (χ0) is 10.8. The van der Waals surface area contributed by atoms with E-state index in [4.69, 9.17) is 16.7 Å². The Hall–Kier alpha value is -0.940. The summed E-state index contributed by atoms with van der Waals surface area (Å²) >= 11 is 5.58. The fourth-order valence-corrected chi connectivity index (χ4v) is 1.11. The first-order valence-corrected chi connectivity index (χ1v) is 4.04. The number of aliphatic hydroxyl groups is 1. The van der Waals surface area contributed by atoms with Crippen LogP contribution in [0.4, 0.5) is 18.9 Å². The van der Waals surface area contributed by atoms with Crippen LogP contribution in [0.3, 0.4) is 0 Å². The molecular formula is C8H7ClF3NO. The van der Waals surface area contributed by atoms with Crippen molar-refractivity contribution in [1.29, 1.82) is 0 Å². The van der Waals surface area contributed by atoms with Crippen LogP contribution in [0.2, 0.25) is 5.02 Å². The van der Waals surface area contributed by atoms with E-state index in [1.807, 2.05) is 0 Å². The highest BCUT2D eigenvalue weighted by Gasteiger charge is 2.30. The number of halogens is 4. The fourth-order valence-electron chi connectivity index (χ4n) is 0.922. The van der Waals surface area contributed by atoms with Gasteiger partial charge < -0.3 is 10.4 Å². The normalized spacial score (nSPS) is 11.5. The summed E-state index contributed by atoms with van der Waals surface area (Å²) in [6.45, 7) is -0.471. The second kappa shape index (κ2) is 4.06. The number of benzene rings is 1. The van der Waals surface area contributed by atoms with Gasteiger partial charge in [-0.05, 0) is 18.2 Å². The largest absolute Gasteiger partial charge is 0.416 e. The van der Waals surface area contributed by atoms with Gasteiger partial charge in [-0.15, -0.1) is 0 Å². The van der Waals surface area contributed by atoms with Crippen LogP contribution in [0, 0.1) is 0 Å². The molecule has 2 N–H and O–H groups in total. The molecule has 0 amide bonds. The minimum Gasteiger partial charge on any atom is -0.377 e. The molecular weight excluding hydrogens is 219 g/mol. The lowest BCUT2D eigenvalue weighted by Gasteiger charge is -2.10. The summed E-state index contributed by atoms with van der Waals surface area (Å²) < 4.78 is 36.6. The van der Waals surface area contributed by atoms with Crippen molar-refractivity contribution in [3.63, 3.8) is 0 Å². The molecule has 2 nitrogen and oxygen atoms in total. The molecule has 0 aliphatic carbocycles. The quantitative estimate of drug-likeness (QED) is 0.759. The van der Waals surface area contributed by atoms with Gasteiger partial charge in [-0.3, -0.25) is 0 Å². The lowest BCUT2D eigenvalue weighted by atomic mass is 10.2. The molecule has 78 valence electrons. The van der Waals surface area contributed by atoms with Gasteiger partial charge in [-0.2, -0.15) is 13.2 Å². The van der Waals surface area contributed by atoms with E-state index in [-0.39, 0.29) is 10.7 Å². The van der Waals surface area contributed by atoms with Gasteiger partial charge in [0.2, 0.25) is 0 Å². The summed E-state index contributed by atoms with van der Waals surface area (Å²) in [6, 6.07) is 2.85. The zero-order valence-corrected chi connectivity index (χ0v) is 7.65. The third-order valence-corrected chi connectivity index (χ3v) is 1.89. The molecule has 6 heteroatoms. The Labute approximate surface area is 83.3 Å². The van der Waals surface area contributed by atoms with Crippen molar-refractivity contribution in [1.82, 2.24) is 0 Å². The molecule has 1 aromatic carbocycles. The maximum absolute atomic E-state index is 12.2. The average molecular weight is 226 g/mol. The minimum absolute atomic E-state index is 0.0593. The van der Waals surface area contributed by atoms with Crippen molar-refractivity contribution >= 4 is 17.3 Å². The number of anilines is 1. The van der Waals surface area contributed by atoms with Gasteiger partial charge in [-0.1, -0.05) is 11.6 Å². The number of aliphatic hydroxyl groups excluding tert-OH is 1. The minimum atomic E-state index is -4.41. The van der Waals surface area contributed by atoms with Crippen LogP contribution >= 0.6 is 11.6 Å². The van der Waals surface area contributed by atoms with Gasteiger partial charge in [0, 0.05) is 0 Å². The van der Waals surface area contributed by atoms with E-state index in [1.165, 1.54) is 0 Å². The predicted octanol–water partition coefficient (Wildman–Crippen LogP) is 2.72. The molecule has 0 unspecified atom stereocenters. The highest BCUT2D eigenvalue weighted by molar-refractivity contribution is 6.33. The van der Waals surface area contributed by atoms with Gasteiger partial charge >= 0.3 is 6.18 Å². The number of rotatable bonds is 2. The first-order valence-electron chi connectivity index (χ1n) is 3.66. The van der Waals surface area contributed by atoms with Crippen LogP contribution in [-0.2, 0) is 6.18 Å². The lowest BCUT2D eigenvalue weighted by Crippen LogP contribution is -2.07. The Balaban J connectivity index is 3.06. The number of hydrogen-bond acceptors (Lipinski definition) is 2. The van der Waals surface area contributed by atoms with E-state index in [0.717, 1.165) is 18.2 Å². The summed E-state index contributed by atoms with van der Waals surface area (Å²) in [5.74, 6) is 0. The van der Waals surface area contributed by atoms with Gasteiger partial charge in [0.1, 0.15) is 6.73 Å². The molecule has 0 radical (unpaired) electrons. The highest BCUT2D eigenvalue weighted by Crippen LogP contribution is 2.33. The Morgan fingerprint density at radius 1 is 1.36 bits per heavy atom. The standard InChI is InChI=1S/C8H7ClF3NO/c9-6-2-1-5(8(10,11)12)3-7(6)13-4-14/h1-3,13-14H,4H2. The number of hydrogen-bond donors (Lipinski definition) is 2. The lowest BCUT2D eigenvalue weighted by molar-refractivity contribution is -0.137. The monoisotopic (exact) mass is 225 g/mol. The molecule has 0 aromatic heterocycles. The second-order valence-corrected chi connectivity index (χ2v) is 2.93. The SMILES string of the molecule is OCNc1cc(C(F)(F)F)ccc1Cl. The van der Waals surface area contributed by atoms with Gasteiger partial charge in [0.15, 0.2) is 0 Å². The van der Waals surface area contributed by atoms with E-state index in [0.29, 0.717) is 0 Å². The fraction of sp³-hybridized carbons (Fsp3) is 0.250. The molecule has 1 aromatic rings. The summed E-state index contributed by atoms with van der Waals surface area (Å²) in [7, 11) is 0. The van der Waals surface area contributed by atoms with Crippen molar-refractivity contribution in [3.8, 4) is 0 Å². The summed E-state index contributed by atoms with van der Waals surface area (Å²) in [5.41, 5.74) is -0.748. The topological polar surface area (TPSA) is 32.3 Å². The Morgan fingerprint density at radius 3 is 2.50 bits per heavy atom. The van der Waals surface area contributed by atoms with Crippen molar-refractivity contribution < 1.29 is 18.3 Å². The van der Waals surface area contributed by atoms with E-state index >= 15 is 0 Å². The Kier molecular flexibility index (Phi) is 3.23. The van der Waals surface area contributed by atoms with E-state index in [1.54, 1.807) is 0 Å². The highest BCUT2D eigenvalue weighted by atomic mass is 35.5. The molecule has 1 rings (SSSR count). The van der Waals surface area contributed by atoms with Crippen molar-refractivity contribution in [3.05, 3.63) is 28.8 Å². The molecule has 14 heavy (non-hydrogen) atoms. The number of nitrogens with one attached hydrogen (secondary N) is 1. The molecule has 0 aliphatic rings. The van der Waals surface area contributed by atoms with E-state index in [2.05, 4.69) is 5.32 Å². The van der Waals surface area contributed by atoms with E-state index in [9.17, 15) is 13.2 Å². The molecule has 0 saturated carbocycles. The first-order chi connectivity index (χ1) is 6.45. The molecule has 0 bridgehead atoms. The molecule has 0 atom stereocenters. The van der Waals surface area contributed by atoms with Crippen molar-refractivity contribution in [2.24, 2.45) is 0 Å². The van der Waals surface area contributed by atoms with Crippen molar-refractivity contribution in [2.45, 2.75) is 6.18 Å². The maximum Gasteiger partial charge on any atom is 0.416 e. The first kappa shape index (κ1) is 11.1. The van der Waals surface area contributed by atoms with Crippen LogP contribution in [-0.4, -0.2) is 11.8 Å². The smallest absolute Gasteiger partial charge is 0.377 e. The van der Waals surface area contributed by atoms with Crippen LogP contribution < -0.4 is 5.32 Å². The molecule has 0 aliphatic heterocycles. The van der Waals surface area contributed by atoms with Gasteiger partial charge in [-0.25, -0.2) is 0 Å². The third-order valence-electron chi connectivity index (χ3n) is 1.56. The summed E-state index contributed by atoms with van der Waals surface area (Å²) in [5, 5.41) is 10.9.